The van der Waals surface area contributed by atoms with Gasteiger partial charge in [-0.25, -0.2) is 4.57 Å². The summed E-state index contributed by atoms with van der Waals surface area (Å²) < 4.78 is 45.9. The van der Waals surface area contributed by atoms with Crippen LogP contribution < -0.4 is 9.47 Å². The van der Waals surface area contributed by atoms with Crippen molar-refractivity contribution in [2.24, 2.45) is 0 Å². The summed E-state index contributed by atoms with van der Waals surface area (Å²) >= 11 is 0. The number of rotatable bonds is 26. The second-order valence-electron chi connectivity index (χ2n) is 14.5. The van der Waals surface area contributed by atoms with Gasteiger partial charge in [0.05, 0.1) is 41.0 Å². The molecule has 12 heteroatoms. The van der Waals surface area contributed by atoms with Crippen molar-refractivity contribution in [1.82, 2.24) is 0 Å². The van der Waals surface area contributed by atoms with Crippen LogP contribution in [0.2, 0.25) is 0 Å². The zero-order chi connectivity index (χ0) is 40.1. The van der Waals surface area contributed by atoms with E-state index in [1.54, 1.807) is 0 Å². The second-order valence-corrected chi connectivity index (χ2v) is 16.0. The lowest BCUT2D eigenvalue weighted by Gasteiger charge is -2.24. The molecule has 0 bridgehead atoms. The minimum absolute atomic E-state index is 0.00892. The van der Waals surface area contributed by atoms with Crippen molar-refractivity contribution in [3.8, 4) is 33.8 Å². The second kappa shape index (κ2) is 23.5. The lowest BCUT2D eigenvalue weighted by atomic mass is 10.1. The first-order valence-corrected chi connectivity index (χ1v) is 20.8. The third kappa shape index (κ3) is 18.0. The Balaban J connectivity index is 1.13. The molecule has 0 aliphatic carbocycles. The molecule has 0 saturated heterocycles. The van der Waals surface area contributed by atoms with E-state index in [0.717, 1.165) is 59.4 Å². The largest absolute Gasteiger partial charge is 0.494 e. The number of unbranched alkanes of at least 4 members (excludes halogenated alkanes) is 4. The first-order chi connectivity index (χ1) is 27.0. The first kappa shape index (κ1) is 44.2. The number of hydrogen-bond donors (Lipinski definition) is 1. The highest BCUT2D eigenvalue weighted by Crippen LogP contribution is 2.43. The van der Waals surface area contributed by atoms with Crippen molar-refractivity contribution in [3.63, 3.8) is 0 Å². The maximum Gasteiger partial charge on any atom is 0.472 e. The summed E-state index contributed by atoms with van der Waals surface area (Å²) in [4.78, 5) is 35.5. The van der Waals surface area contributed by atoms with Gasteiger partial charge in [-0.3, -0.25) is 18.6 Å². The number of ether oxygens (including phenoxy) is 4. The molecule has 0 saturated carbocycles. The molecule has 2 atom stereocenters. The van der Waals surface area contributed by atoms with Crippen molar-refractivity contribution in [3.05, 3.63) is 109 Å². The summed E-state index contributed by atoms with van der Waals surface area (Å²) in [6.07, 6.45) is 3.32. The molecule has 0 heterocycles. The third-order valence-electron chi connectivity index (χ3n) is 8.68. The van der Waals surface area contributed by atoms with E-state index in [2.05, 4.69) is 24.3 Å². The van der Waals surface area contributed by atoms with Gasteiger partial charge in [-0.15, -0.1) is 0 Å². The van der Waals surface area contributed by atoms with E-state index >= 15 is 0 Å². The summed E-state index contributed by atoms with van der Waals surface area (Å²) in [7, 11) is 1.34. The number of hydrogen-bond acceptors (Lipinski definition) is 9. The summed E-state index contributed by atoms with van der Waals surface area (Å²) in [5.74, 6) is 0.567. The fourth-order valence-electron chi connectivity index (χ4n) is 5.49. The van der Waals surface area contributed by atoms with Gasteiger partial charge in [0.1, 0.15) is 31.3 Å². The van der Waals surface area contributed by atoms with Gasteiger partial charge in [0.15, 0.2) is 6.10 Å². The summed E-state index contributed by atoms with van der Waals surface area (Å²) in [5, 5.41) is 0. The topological polar surface area (TPSA) is 127 Å². The van der Waals surface area contributed by atoms with E-state index in [1.807, 2.05) is 106 Å². The van der Waals surface area contributed by atoms with Gasteiger partial charge < -0.3 is 28.3 Å². The predicted molar refractivity (Wildman–Crippen MR) is 217 cm³/mol. The molecule has 0 amide bonds. The molecule has 4 aromatic carbocycles. The summed E-state index contributed by atoms with van der Waals surface area (Å²) in [6, 6.07) is 36.1. The number of carbonyl (C=O) groups is 2. The molecule has 0 aromatic heterocycles. The Morgan fingerprint density at radius 2 is 1.04 bits per heavy atom. The van der Waals surface area contributed by atoms with Crippen LogP contribution >= 0.6 is 7.82 Å². The van der Waals surface area contributed by atoms with Crippen molar-refractivity contribution in [2.45, 2.75) is 57.5 Å². The van der Waals surface area contributed by atoms with Crippen LogP contribution in [0.1, 0.15) is 51.4 Å². The fourth-order valence-corrected chi connectivity index (χ4v) is 6.23. The van der Waals surface area contributed by atoms with Crippen LogP contribution in [0.15, 0.2) is 109 Å². The van der Waals surface area contributed by atoms with Crippen LogP contribution in [0.5, 0.6) is 11.5 Å². The summed E-state index contributed by atoms with van der Waals surface area (Å²) in [5.41, 5.74) is 4.52. The van der Waals surface area contributed by atoms with Crippen LogP contribution in [0.25, 0.3) is 22.3 Å². The minimum Gasteiger partial charge on any atom is -0.494 e. The van der Waals surface area contributed by atoms with E-state index in [1.165, 1.54) is 0 Å². The van der Waals surface area contributed by atoms with Gasteiger partial charge in [0.2, 0.25) is 0 Å². The van der Waals surface area contributed by atoms with Crippen molar-refractivity contribution in [1.29, 1.82) is 0 Å². The number of phosphoric acid groups is 1. The average molecular weight is 791 g/mol. The van der Waals surface area contributed by atoms with Crippen molar-refractivity contribution in [2.75, 3.05) is 60.7 Å². The lowest BCUT2D eigenvalue weighted by Crippen LogP contribution is -2.37. The number of phosphoric ester groups is 1. The molecule has 4 rings (SSSR count). The molecule has 0 aliphatic heterocycles. The normalized spacial score (nSPS) is 13.0. The molecule has 0 radical (unpaired) electrons. The Bertz CT molecular complexity index is 1760. The van der Waals surface area contributed by atoms with Crippen LogP contribution in [0.3, 0.4) is 0 Å². The van der Waals surface area contributed by atoms with Crippen LogP contribution in [0.4, 0.5) is 0 Å². The Hall–Kier alpha value is -4.51. The SMILES string of the molecule is C[N+](C)(C)CCOP(=O)(O)OC[C@@H](COC(=O)CCCCCOc1ccc(-c2ccccc2)cc1)OC(=O)CCCCCOc1ccc(-c2ccccc2)cc1. The Kier molecular flexibility index (Phi) is 18.6. The smallest absolute Gasteiger partial charge is 0.472 e. The van der Waals surface area contributed by atoms with E-state index < -0.39 is 32.5 Å². The number of likely N-dealkylation sites (N-methyl/N-ethyl adjacent to an activating group) is 1. The standard InChI is InChI=1S/C44H56NO10P/c1-45(2,3)30-33-53-56(48,49)54-35-42(55-44(47)21-13-7-15-32-51-41-28-24-39(25-29-41)37-18-10-5-11-19-37)34-52-43(46)20-12-6-14-31-50-40-26-22-38(23-27-40)36-16-8-4-9-17-36/h4-5,8-11,16-19,22-29,42H,6-7,12-15,20-21,30-35H2,1-3H3/p+1/t42-/m1/s1. The maximum absolute atomic E-state index is 12.7. The van der Waals surface area contributed by atoms with Gasteiger partial charge in [0.25, 0.3) is 0 Å². The Labute approximate surface area is 331 Å². The van der Waals surface area contributed by atoms with Crippen molar-refractivity contribution >= 4 is 19.8 Å². The van der Waals surface area contributed by atoms with E-state index in [0.29, 0.717) is 37.1 Å². The molecule has 0 spiro atoms. The molecule has 0 aliphatic rings. The Morgan fingerprint density at radius 1 is 0.571 bits per heavy atom. The molecule has 11 nitrogen and oxygen atoms in total. The zero-order valence-electron chi connectivity index (χ0n) is 32.9. The molecule has 4 aromatic rings. The highest BCUT2D eigenvalue weighted by atomic mass is 31.2. The lowest BCUT2D eigenvalue weighted by molar-refractivity contribution is -0.870. The molecule has 0 fully saturated rings. The molecule has 1 N–H and O–H groups in total. The van der Waals surface area contributed by atoms with Gasteiger partial charge in [0, 0.05) is 12.8 Å². The zero-order valence-corrected chi connectivity index (χ0v) is 33.8. The van der Waals surface area contributed by atoms with Gasteiger partial charge in [-0.1, -0.05) is 84.9 Å². The molecular formula is C44H57NO10P+. The number of quaternary nitrogens is 1. The minimum atomic E-state index is -4.44. The monoisotopic (exact) mass is 790 g/mol. The maximum atomic E-state index is 12.7. The third-order valence-corrected chi connectivity index (χ3v) is 9.66. The Morgan fingerprint density at radius 3 is 1.52 bits per heavy atom. The van der Waals surface area contributed by atoms with Gasteiger partial charge >= 0.3 is 19.8 Å². The van der Waals surface area contributed by atoms with E-state index in [-0.39, 0.29) is 26.1 Å². The van der Waals surface area contributed by atoms with E-state index in [9.17, 15) is 19.0 Å². The summed E-state index contributed by atoms with van der Waals surface area (Å²) in [6.45, 7) is 0.694. The van der Waals surface area contributed by atoms with Crippen LogP contribution in [0, 0.1) is 0 Å². The molecule has 302 valence electrons. The first-order valence-electron chi connectivity index (χ1n) is 19.3. The molecular weight excluding hydrogens is 733 g/mol. The average Bonchev–Trinajstić information content (AvgIpc) is 3.19. The van der Waals surface area contributed by atoms with Gasteiger partial charge in [-0.05, 0) is 85.0 Å². The van der Waals surface area contributed by atoms with Gasteiger partial charge in [-0.2, -0.15) is 0 Å². The van der Waals surface area contributed by atoms with Crippen molar-refractivity contribution < 1.29 is 51.5 Å². The molecule has 1 unspecified atom stereocenters. The number of carbonyl (C=O) groups excluding carboxylic acids is 2. The number of esters is 2. The molecule has 56 heavy (non-hydrogen) atoms. The predicted octanol–water partition coefficient (Wildman–Crippen LogP) is 8.89. The van der Waals surface area contributed by atoms with Crippen LogP contribution in [-0.2, 0) is 32.7 Å². The number of nitrogens with zero attached hydrogens (tertiary/aromatic N) is 1. The quantitative estimate of drug-likeness (QED) is 0.0285. The highest BCUT2D eigenvalue weighted by molar-refractivity contribution is 7.47. The number of benzene rings is 4. The fraction of sp³-hybridized carbons (Fsp3) is 0.409. The van der Waals surface area contributed by atoms with Crippen LogP contribution in [-0.4, -0.2) is 88.1 Å². The highest BCUT2D eigenvalue weighted by Gasteiger charge is 2.27. The van der Waals surface area contributed by atoms with E-state index in [4.69, 9.17) is 28.0 Å².